The second kappa shape index (κ2) is 10.1. The van der Waals surface area contributed by atoms with Crippen molar-refractivity contribution in [3.05, 3.63) is 42.0 Å². The monoisotopic (exact) mass is 440 g/mol. The van der Waals surface area contributed by atoms with Crippen molar-refractivity contribution in [3.8, 4) is 0 Å². The Labute approximate surface area is 188 Å². The van der Waals surface area contributed by atoms with Crippen molar-refractivity contribution >= 4 is 29.3 Å². The minimum atomic E-state index is -0.949. The number of nitrogens with one attached hydrogen (secondary N) is 3. The highest BCUT2D eigenvalue weighted by atomic mass is 16.2. The number of carbonyl (C=O) groups is 4. The van der Waals surface area contributed by atoms with Crippen molar-refractivity contribution in [2.45, 2.75) is 64.0 Å². The second-order valence-electron chi connectivity index (χ2n) is 8.39. The summed E-state index contributed by atoms with van der Waals surface area (Å²) in [5.41, 5.74) is 1.40. The molecule has 1 atom stereocenters. The van der Waals surface area contributed by atoms with Gasteiger partial charge in [-0.05, 0) is 56.8 Å². The van der Waals surface area contributed by atoms with Crippen LogP contribution in [0.1, 0.15) is 73.1 Å². The van der Waals surface area contributed by atoms with Crippen molar-refractivity contribution in [1.82, 2.24) is 15.5 Å². The first-order chi connectivity index (χ1) is 15.4. The van der Waals surface area contributed by atoms with Gasteiger partial charge < -0.3 is 10.6 Å². The Morgan fingerprint density at radius 1 is 1.12 bits per heavy atom. The van der Waals surface area contributed by atoms with Crippen molar-refractivity contribution in [2.75, 3.05) is 18.4 Å². The Bertz CT molecular complexity index is 923. The molecule has 0 bridgehead atoms. The van der Waals surface area contributed by atoms with Crippen molar-refractivity contribution in [3.63, 3.8) is 0 Å². The topological polar surface area (TPSA) is 108 Å². The predicted molar refractivity (Wildman–Crippen MR) is 122 cm³/mol. The van der Waals surface area contributed by atoms with E-state index in [2.05, 4.69) is 36.4 Å². The molecular weight excluding hydrogens is 408 g/mol. The molecule has 32 heavy (non-hydrogen) atoms. The molecule has 0 aliphatic carbocycles. The average molecular weight is 441 g/mol. The van der Waals surface area contributed by atoms with Crippen LogP contribution in [-0.4, -0.2) is 53.2 Å². The van der Waals surface area contributed by atoms with Crippen molar-refractivity contribution < 1.29 is 19.2 Å². The minimum Gasteiger partial charge on any atom is -0.385 e. The van der Waals surface area contributed by atoms with Gasteiger partial charge in [0, 0.05) is 24.2 Å². The molecule has 2 heterocycles. The van der Waals surface area contributed by atoms with Crippen molar-refractivity contribution in [2.24, 2.45) is 0 Å². The second-order valence-corrected chi connectivity index (χ2v) is 8.39. The summed E-state index contributed by atoms with van der Waals surface area (Å²) in [7, 11) is 0. The summed E-state index contributed by atoms with van der Waals surface area (Å²) >= 11 is 0. The number of rotatable bonds is 11. The highest BCUT2D eigenvalue weighted by Gasteiger charge is 2.44. The van der Waals surface area contributed by atoms with E-state index in [1.54, 1.807) is 18.2 Å². The number of benzene rings is 1. The van der Waals surface area contributed by atoms with Gasteiger partial charge in [-0.25, -0.2) is 0 Å². The van der Waals surface area contributed by atoms with E-state index in [1.165, 1.54) is 0 Å². The standard InChI is InChI=1S/C24H32N4O4/c1-4-12-24(5-2,6-3)26-14-7-13-25-16-8-9-17-18(15-16)23(32)28(22(17)31)19-10-11-20(29)27-21(19)30/h4,8-9,15,19,25-26H,1,5-7,10-14H2,2-3H3,(H,27,29,30). The number of amides is 4. The largest absolute Gasteiger partial charge is 0.385 e. The van der Waals surface area contributed by atoms with Gasteiger partial charge in [0.05, 0.1) is 11.1 Å². The molecule has 1 aromatic carbocycles. The van der Waals surface area contributed by atoms with E-state index in [0.29, 0.717) is 6.54 Å². The van der Waals surface area contributed by atoms with Crippen LogP contribution in [0.5, 0.6) is 0 Å². The number of nitrogens with zero attached hydrogens (tertiary/aromatic N) is 1. The maximum atomic E-state index is 12.9. The van der Waals surface area contributed by atoms with Gasteiger partial charge >= 0.3 is 0 Å². The summed E-state index contributed by atoms with van der Waals surface area (Å²) in [5.74, 6) is -1.98. The zero-order chi connectivity index (χ0) is 23.3. The number of anilines is 1. The molecule has 1 aromatic rings. The molecule has 4 amide bonds. The van der Waals surface area contributed by atoms with Gasteiger partial charge in [0.15, 0.2) is 0 Å². The lowest BCUT2D eigenvalue weighted by Gasteiger charge is -2.32. The highest BCUT2D eigenvalue weighted by molar-refractivity contribution is 6.23. The maximum Gasteiger partial charge on any atom is 0.262 e. The van der Waals surface area contributed by atoms with Crippen LogP contribution in [0.3, 0.4) is 0 Å². The normalized spacial score (nSPS) is 18.6. The number of imide groups is 2. The molecule has 0 aromatic heterocycles. The summed E-state index contributed by atoms with van der Waals surface area (Å²) < 4.78 is 0. The lowest BCUT2D eigenvalue weighted by atomic mass is 9.89. The number of carbonyl (C=O) groups excluding carboxylic acids is 4. The molecule has 1 unspecified atom stereocenters. The molecule has 3 N–H and O–H groups in total. The Morgan fingerprint density at radius 3 is 2.50 bits per heavy atom. The molecule has 0 radical (unpaired) electrons. The van der Waals surface area contributed by atoms with E-state index >= 15 is 0 Å². The number of fused-ring (bicyclic) bond motifs is 1. The number of hydrogen-bond donors (Lipinski definition) is 3. The Balaban J connectivity index is 1.58. The van der Waals surface area contributed by atoms with Crippen LogP contribution in [0.4, 0.5) is 5.69 Å². The molecule has 0 saturated carbocycles. The van der Waals surface area contributed by atoms with Gasteiger partial charge in [0.1, 0.15) is 6.04 Å². The van der Waals surface area contributed by atoms with Crippen LogP contribution in [0.15, 0.2) is 30.9 Å². The molecule has 8 nitrogen and oxygen atoms in total. The van der Waals surface area contributed by atoms with Crippen LogP contribution in [-0.2, 0) is 9.59 Å². The van der Waals surface area contributed by atoms with Crippen LogP contribution in [0.25, 0.3) is 0 Å². The van der Waals surface area contributed by atoms with E-state index in [0.717, 1.165) is 42.8 Å². The molecule has 2 aliphatic heterocycles. The highest BCUT2D eigenvalue weighted by Crippen LogP contribution is 2.29. The third-order valence-electron chi connectivity index (χ3n) is 6.51. The van der Waals surface area contributed by atoms with E-state index in [4.69, 9.17) is 0 Å². The molecule has 0 spiro atoms. The molecule has 3 rings (SSSR count). The molecule has 172 valence electrons. The zero-order valence-corrected chi connectivity index (χ0v) is 18.8. The van der Waals surface area contributed by atoms with Crippen LogP contribution in [0.2, 0.25) is 0 Å². The predicted octanol–water partition coefficient (Wildman–Crippen LogP) is 2.61. The van der Waals surface area contributed by atoms with Crippen LogP contribution >= 0.6 is 0 Å². The third kappa shape index (κ3) is 4.75. The van der Waals surface area contributed by atoms with E-state index in [-0.39, 0.29) is 35.4 Å². The van der Waals surface area contributed by atoms with Gasteiger partial charge in [-0.1, -0.05) is 19.9 Å². The summed E-state index contributed by atoms with van der Waals surface area (Å²) in [6, 6.07) is 4.10. The minimum absolute atomic E-state index is 0.0849. The maximum absolute atomic E-state index is 12.9. The lowest BCUT2D eigenvalue weighted by Crippen LogP contribution is -2.54. The SMILES string of the molecule is C=CCC(CC)(CC)NCCCNc1ccc2c(c1)C(=O)N(C1CCC(=O)NC1=O)C2=O. The fourth-order valence-electron chi connectivity index (χ4n) is 4.39. The van der Waals surface area contributed by atoms with Gasteiger partial charge in [0.25, 0.3) is 11.8 Å². The zero-order valence-electron chi connectivity index (χ0n) is 18.8. The Kier molecular flexibility index (Phi) is 7.45. The Hall–Kier alpha value is -3.00. The summed E-state index contributed by atoms with van der Waals surface area (Å²) in [4.78, 5) is 50.2. The number of piperidine rings is 1. The lowest BCUT2D eigenvalue weighted by molar-refractivity contribution is -0.136. The summed E-state index contributed by atoms with van der Waals surface area (Å²) in [5, 5.41) is 9.16. The average Bonchev–Trinajstić information content (AvgIpc) is 3.02. The van der Waals surface area contributed by atoms with Gasteiger partial charge in [-0.15, -0.1) is 6.58 Å². The number of hydrogen-bond acceptors (Lipinski definition) is 6. The van der Waals surface area contributed by atoms with Crippen molar-refractivity contribution in [1.29, 1.82) is 0 Å². The molecule has 1 saturated heterocycles. The summed E-state index contributed by atoms with van der Waals surface area (Å²) in [6.07, 6.45) is 6.11. The first-order valence-electron chi connectivity index (χ1n) is 11.3. The third-order valence-corrected chi connectivity index (χ3v) is 6.51. The first-order valence-corrected chi connectivity index (χ1v) is 11.3. The molecule has 1 fully saturated rings. The van der Waals surface area contributed by atoms with E-state index < -0.39 is 23.8 Å². The van der Waals surface area contributed by atoms with Gasteiger partial charge in [-0.2, -0.15) is 0 Å². The van der Waals surface area contributed by atoms with Gasteiger partial charge in [0.2, 0.25) is 11.8 Å². The van der Waals surface area contributed by atoms with E-state index in [9.17, 15) is 19.2 Å². The first kappa shape index (κ1) is 23.7. The quantitative estimate of drug-likeness (QED) is 0.277. The molecular formula is C24H32N4O4. The molecule has 8 heteroatoms. The van der Waals surface area contributed by atoms with Crippen LogP contribution in [0, 0.1) is 0 Å². The Morgan fingerprint density at radius 2 is 1.84 bits per heavy atom. The smallest absolute Gasteiger partial charge is 0.262 e. The van der Waals surface area contributed by atoms with Gasteiger partial charge in [-0.3, -0.25) is 29.4 Å². The molecule has 2 aliphatic rings. The van der Waals surface area contributed by atoms with E-state index in [1.807, 2.05) is 6.08 Å². The fourth-order valence-corrected chi connectivity index (χ4v) is 4.39. The fraction of sp³-hybridized carbons (Fsp3) is 0.500. The summed E-state index contributed by atoms with van der Waals surface area (Å²) in [6.45, 7) is 9.79. The van der Waals surface area contributed by atoms with Crippen LogP contribution < -0.4 is 16.0 Å².